The molecule has 15 heavy (non-hydrogen) atoms. The van der Waals surface area contributed by atoms with E-state index in [1.165, 1.54) is 5.56 Å². The number of hydrogen-bond donors (Lipinski definition) is 1. The van der Waals surface area contributed by atoms with Gasteiger partial charge in [-0.1, -0.05) is 18.2 Å². The lowest BCUT2D eigenvalue weighted by molar-refractivity contribution is -0.119. The topological polar surface area (TPSA) is 46.3 Å². The molecule has 0 aromatic heterocycles. The summed E-state index contributed by atoms with van der Waals surface area (Å²) >= 11 is 0. The second-order valence-electron chi connectivity index (χ2n) is 4.49. The minimum atomic E-state index is -0.313. The van der Waals surface area contributed by atoms with E-state index in [1.807, 2.05) is 25.2 Å². The van der Waals surface area contributed by atoms with Gasteiger partial charge in [0.15, 0.2) is 0 Å². The summed E-state index contributed by atoms with van der Waals surface area (Å²) in [4.78, 5) is 13.6. The van der Waals surface area contributed by atoms with Gasteiger partial charge in [0.05, 0.1) is 6.04 Å². The molecule has 78 valence electrons. The number of nitrogens with two attached hydrogens (primary N) is 1. The van der Waals surface area contributed by atoms with Gasteiger partial charge in [0.2, 0.25) is 5.91 Å². The minimum absolute atomic E-state index is 0.0486. The number of nitrogens with zero attached hydrogens (tertiary/aromatic N) is 1. The lowest BCUT2D eigenvalue weighted by Crippen LogP contribution is -2.42. The Kier molecular flexibility index (Phi) is 1.68. The quantitative estimate of drug-likeness (QED) is 0.684. The van der Waals surface area contributed by atoms with Crippen molar-refractivity contribution in [1.29, 1.82) is 0 Å². The van der Waals surface area contributed by atoms with Gasteiger partial charge >= 0.3 is 0 Å². The van der Waals surface area contributed by atoms with E-state index in [2.05, 4.69) is 6.07 Å². The number of carbonyl (C=O) groups excluding carboxylic acids is 1. The van der Waals surface area contributed by atoms with Crippen molar-refractivity contribution < 1.29 is 4.79 Å². The fraction of sp³-hybridized carbons (Fsp3) is 0.417. The van der Waals surface area contributed by atoms with Crippen molar-refractivity contribution in [2.24, 2.45) is 11.7 Å². The first-order valence-corrected chi connectivity index (χ1v) is 5.32. The fourth-order valence-electron chi connectivity index (χ4n) is 2.60. The third kappa shape index (κ3) is 1.13. The van der Waals surface area contributed by atoms with E-state index in [9.17, 15) is 4.79 Å². The maximum atomic E-state index is 11.9. The van der Waals surface area contributed by atoms with Crippen LogP contribution in [0.2, 0.25) is 0 Å². The smallest absolute Gasteiger partial charge is 0.243 e. The standard InChI is InChI=1S/C12H14N2O/c1-14-10-5-3-2-4-7(10)8-6-9(8)11(13)12(14)15/h2-5,8-9,11H,6,13H2,1H3/t8?,9-,11+/m0/s1. The molecule has 3 rings (SSSR count). The number of anilines is 1. The number of benzene rings is 1. The zero-order valence-electron chi connectivity index (χ0n) is 8.68. The van der Waals surface area contributed by atoms with Crippen molar-refractivity contribution in [1.82, 2.24) is 0 Å². The summed E-state index contributed by atoms with van der Waals surface area (Å²) < 4.78 is 0. The average Bonchev–Trinajstić information content (AvgIpc) is 3.05. The highest BCUT2D eigenvalue weighted by Gasteiger charge is 2.49. The lowest BCUT2D eigenvalue weighted by atomic mass is 10.1. The van der Waals surface area contributed by atoms with Crippen LogP contribution in [0.15, 0.2) is 24.3 Å². The molecule has 1 unspecified atom stereocenters. The van der Waals surface area contributed by atoms with Crippen LogP contribution in [-0.2, 0) is 4.79 Å². The Hall–Kier alpha value is -1.35. The lowest BCUT2D eigenvalue weighted by Gasteiger charge is -2.20. The highest BCUT2D eigenvalue weighted by atomic mass is 16.2. The molecule has 1 aliphatic heterocycles. The molecule has 2 aliphatic rings. The van der Waals surface area contributed by atoms with E-state index in [0.29, 0.717) is 11.8 Å². The molecular formula is C12H14N2O. The predicted molar refractivity (Wildman–Crippen MR) is 58.7 cm³/mol. The second kappa shape index (κ2) is 2.83. The van der Waals surface area contributed by atoms with E-state index in [-0.39, 0.29) is 11.9 Å². The van der Waals surface area contributed by atoms with Crippen LogP contribution in [0.3, 0.4) is 0 Å². The average molecular weight is 202 g/mol. The Morgan fingerprint density at radius 1 is 1.40 bits per heavy atom. The number of rotatable bonds is 0. The van der Waals surface area contributed by atoms with Crippen molar-refractivity contribution in [2.75, 3.05) is 11.9 Å². The van der Waals surface area contributed by atoms with Crippen LogP contribution >= 0.6 is 0 Å². The first kappa shape index (κ1) is 8.92. The van der Waals surface area contributed by atoms with E-state index < -0.39 is 0 Å². The predicted octanol–water partition coefficient (Wildman–Crippen LogP) is 1.09. The molecule has 2 N–H and O–H groups in total. The minimum Gasteiger partial charge on any atom is -0.320 e. The number of amides is 1. The van der Waals surface area contributed by atoms with Gasteiger partial charge in [-0.2, -0.15) is 0 Å². The van der Waals surface area contributed by atoms with Crippen LogP contribution in [0.4, 0.5) is 5.69 Å². The van der Waals surface area contributed by atoms with Crippen LogP contribution in [0.1, 0.15) is 17.9 Å². The summed E-state index contributed by atoms with van der Waals surface area (Å²) in [7, 11) is 1.81. The summed E-state index contributed by atoms with van der Waals surface area (Å²) in [6.07, 6.45) is 1.07. The van der Waals surface area contributed by atoms with Gasteiger partial charge < -0.3 is 10.6 Å². The summed E-state index contributed by atoms with van der Waals surface area (Å²) in [5, 5.41) is 0. The van der Waals surface area contributed by atoms with Crippen LogP contribution in [0, 0.1) is 5.92 Å². The third-order valence-electron chi connectivity index (χ3n) is 3.61. The number of hydrogen-bond acceptors (Lipinski definition) is 2. The maximum Gasteiger partial charge on any atom is 0.243 e. The van der Waals surface area contributed by atoms with Gasteiger partial charge in [-0.3, -0.25) is 4.79 Å². The zero-order chi connectivity index (χ0) is 10.6. The maximum absolute atomic E-state index is 11.9. The largest absolute Gasteiger partial charge is 0.320 e. The second-order valence-corrected chi connectivity index (χ2v) is 4.49. The number of fused-ring (bicyclic) bond motifs is 3. The summed E-state index contributed by atoms with van der Waals surface area (Å²) in [6, 6.07) is 7.80. The van der Waals surface area contributed by atoms with Crippen molar-refractivity contribution in [3.63, 3.8) is 0 Å². The zero-order valence-corrected chi connectivity index (χ0v) is 8.68. The van der Waals surface area contributed by atoms with Crippen LogP contribution < -0.4 is 10.6 Å². The Labute approximate surface area is 88.9 Å². The van der Waals surface area contributed by atoms with E-state index in [0.717, 1.165) is 12.1 Å². The summed E-state index contributed by atoms with van der Waals surface area (Å²) in [6.45, 7) is 0. The molecule has 1 amide bonds. The van der Waals surface area contributed by atoms with Gasteiger partial charge in [0, 0.05) is 12.7 Å². The molecule has 3 atom stereocenters. The molecule has 1 fully saturated rings. The van der Waals surface area contributed by atoms with Gasteiger partial charge in [-0.25, -0.2) is 0 Å². The van der Waals surface area contributed by atoms with Gasteiger partial charge in [-0.05, 0) is 29.9 Å². The number of para-hydroxylation sites is 1. The Bertz CT molecular complexity index is 429. The highest BCUT2D eigenvalue weighted by molar-refractivity contribution is 5.99. The Morgan fingerprint density at radius 3 is 2.93 bits per heavy atom. The summed E-state index contributed by atoms with van der Waals surface area (Å²) in [5.41, 5.74) is 8.26. The van der Waals surface area contributed by atoms with Crippen molar-refractivity contribution in [3.05, 3.63) is 29.8 Å². The molecule has 1 heterocycles. The van der Waals surface area contributed by atoms with Crippen LogP contribution in [0.25, 0.3) is 0 Å². The molecule has 3 nitrogen and oxygen atoms in total. The highest BCUT2D eigenvalue weighted by Crippen LogP contribution is 2.53. The number of carbonyl (C=O) groups is 1. The molecule has 0 spiro atoms. The van der Waals surface area contributed by atoms with Crippen molar-refractivity contribution in [3.8, 4) is 0 Å². The molecule has 0 bridgehead atoms. The van der Waals surface area contributed by atoms with Gasteiger partial charge in [-0.15, -0.1) is 0 Å². The van der Waals surface area contributed by atoms with Crippen molar-refractivity contribution >= 4 is 11.6 Å². The van der Waals surface area contributed by atoms with E-state index in [4.69, 9.17) is 5.73 Å². The van der Waals surface area contributed by atoms with Crippen molar-refractivity contribution in [2.45, 2.75) is 18.4 Å². The Balaban J connectivity index is 2.14. The third-order valence-corrected chi connectivity index (χ3v) is 3.61. The van der Waals surface area contributed by atoms with E-state index in [1.54, 1.807) is 4.90 Å². The van der Waals surface area contributed by atoms with Gasteiger partial charge in [0.1, 0.15) is 0 Å². The van der Waals surface area contributed by atoms with Gasteiger partial charge in [0.25, 0.3) is 0 Å². The molecule has 3 heteroatoms. The normalized spacial score (nSPS) is 33.1. The first-order valence-electron chi connectivity index (χ1n) is 5.32. The fourth-order valence-corrected chi connectivity index (χ4v) is 2.60. The monoisotopic (exact) mass is 202 g/mol. The summed E-state index contributed by atoms with van der Waals surface area (Å²) in [5.74, 6) is 0.918. The molecule has 1 saturated carbocycles. The molecule has 1 aromatic carbocycles. The first-order chi connectivity index (χ1) is 7.20. The van der Waals surface area contributed by atoms with E-state index >= 15 is 0 Å². The molecule has 0 saturated heterocycles. The van der Waals surface area contributed by atoms with Crippen LogP contribution in [-0.4, -0.2) is 19.0 Å². The number of likely N-dealkylation sites (N-methyl/N-ethyl adjacent to an activating group) is 1. The molecular weight excluding hydrogens is 188 g/mol. The molecule has 1 aromatic rings. The van der Waals surface area contributed by atoms with Crippen LogP contribution in [0.5, 0.6) is 0 Å². The SMILES string of the molecule is CN1C(=O)[C@H](N)[C@H]2CC2c2ccccc21. The Morgan fingerprint density at radius 2 is 2.13 bits per heavy atom. The molecule has 0 radical (unpaired) electrons. The molecule has 1 aliphatic carbocycles.